The number of ether oxygens (including phenoxy) is 1. The zero-order chi connectivity index (χ0) is 13.5. The van der Waals surface area contributed by atoms with E-state index in [1.54, 1.807) is 0 Å². The van der Waals surface area contributed by atoms with E-state index in [1.807, 2.05) is 0 Å². The Bertz CT molecular complexity index is 358. The zero-order valence-corrected chi connectivity index (χ0v) is 12.1. The molecule has 0 bridgehead atoms. The van der Waals surface area contributed by atoms with E-state index in [4.69, 9.17) is 4.74 Å². The summed E-state index contributed by atoms with van der Waals surface area (Å²) >= 11 is 0. The van der Waals surface area contributed by atoms with Gasteiger partial charge in [0.1, 0.15) is 0 Å². The molecule has 0 amide bonds. The smallest absolute Gasteiger partial charge is 0.0594 e. The fourth-order valence-corrected chi connectivity index (χ4v) is 2.28. The van der Waals surface area contributed by atoms with Crippen LogP contribution in [0.15, 0.2) is 24.3 Å². The zero-order valence-electron chi connectivity index (χ0n) is 12.1. The molecule has 0 atom stereocenters. The highest BCUT2D eigenvalue weighted by atomic mass is 16.5. The Morgan fingerprint density at radius 1 is 1.16 bits per heavy atom. The molecule has 0 radical (unpaired) electrons. The first-order valence-electron chi connectivity index (χ1n) is 7.02. The summed E-state index contributed by atoms with van der Waals surface area (Å²) in [5, 5.41) is 3.48. The third-order valence-corrected chi connectivity index (χ3v) is 3.31. The lowest BCUT2D eigenvalue weighted by molar-refractivity contribution is 0.0398. The molecule has 0 saturated carbocycles. The van der Waals surface area contributed by atoms with Gasteiger partial charge in [-0.15, -0.1) is 0 Å². The van der Waals surface area contributed by atoms with Gasteiger partial charge in [-0.1, -0.05) is 12.1 Å². The number of morpholine rings is 1. The first kappa shape index (κ1) is 14.3. The van der Waals surface area contributed by atoms with Crippen LogP contribution in [0.2, 0.25) is 0 Å². The largest absolute Gasteiger partial charge is 0.384 e. The quantitative estimate of drug-likeness (QED) is 0.841. The van der Waals surface area contributed by atoms with Crippen LogP contribution in [0, 0.1) is 0 Å². The molecule has 1 N–H and O–H groups in total. The lowest BCUT2D eigenvalue weighted by Gasteiger charge is -2.26. The molecule has 0 aromatic heterocycles. The first-order chi connectivity index (χ1) is 9.24. The van der Waals surface area contributed by atoms with E-state index in [2.05, 4.69) is 53.5 Å². The highest BCUT2D eigenvalue weighted by Crippen LogP contribution is 2.10. The molecule has 1 aliphatic rings. The maximum absolute atomic E-state index is 5.34. The molecule has 0 aliphatic carbocycles. The van der Waals surface area contributed by atoms with E-state index in [0.717, 1.165) is 45.9 Å². The van der Waals surface area contributed by atoms with Gasteiger partial charge in [0.05, 0.1) is 13.2 Å². The maximum atomic E-state index is 5.34. The van der Waals surface area contributed by atoms with E-state index in [9.17, 15) is 0 Å². The standard InChI is InChI=1S/C15H25N3O/c1-17(2)13-14-3-5-15(6-4-14)16-7-8-18-9-11-19-12-10-18/h3-6,16H,7-13H2,1-2H3. The van der Waals surface area contributed by atoms with Crippen molar-refractivity contribution in [2.75, 3.05) is 58.8 Å². The average Bonchev–Trinajstić information content (AvgIpc) is 2.41. The lowest BCUT2D eigenvalue weighted by atomic mass is 10.2. The van der Waals surface area contributed by atoms with Gasteiger partial charge in [-0.05, 0) is 31.8 Å². The molecule has 1 aromatic rings. The fraction of sp³-hybridized carbons (Fsp3) is 0.600. The lowest BCUT2D eigenvalue weighted by Crippen LogP contribution is -2.38. The molecular formula is C15H25N3O. The van der Waals surface area contributed by atoms with E-state index < -0.39 is 0 Å². The molecular weight excluding hydrogens is 238 g/mol. The van der Waals surface area contributed by atoms with Crippen LogP contribution in [0.3, 0.4) is 0 Å². The number of hydrogen-bond donors (Lipinski definition) is 1. The molecule has 1 saturated heterocycles. The highest BCUT2D eigenvalue weighted by molar-refractivity contribution is 5.44. The van der Waals surface area contributed by atoms with E-state index in [0.29, 0.717) is 0 Å². The van der Waals surface area contributed by atoms with Crippen molar-refractivity contribution < 1.29 is 4.74 Å². The number of hydrogen-bond acceptors (Lipinski definition) is 4. The van der Waals surface area contributed by atoms with Crippen LogP contribution in [0.4, 0.5) is 5.69 Å². The summed E-state index contributed by atoms with van der Waals surface area (Å²) in [6.07, 6.45) is 0. The molecule has 1 aromatic carbocycles. The Morgan fingerprint density at radius 3 is 2.47 bits per heavy atom. The van der Waals surface area contributed by atoms with Crippen LogP contribution in [-0.2, 0) is 11.3 Å². The van der Waals surface area contributed by atoms with Gasteiger partial charge in [0.25, 0.3) is 0 Å². The van der Waals surface area contributed by atoms with Crippen LogP contribution < -0.4 is 5.32 Å². The molecule has 4 nitrogen and oxygen atoms in total. The van der Waals surface area contributed by atoms with Crippen molar-refractivity contribution in [3.63, 3.8) is 0 Å². The van der Waals surface area contributed by atoms with Crippen molar-refractivity contribution in [3.8, 4) is 0 Å². The minimum absolute atomic E-state index is 0.874. The second-order valence-corrected chi connectivity index (χ2v) is 5.32. The average molecular weight is 263 g/mol. The summed E-state index contributed by atoms with van der Waals surface area (Å²) in [5.41, 5.74) is 2.56. The summed E-state index contributed by atoms with van der Waals surface area (Å²) in [5.74, 6) is 0. The Kier molecular flexibility index (Phi) is 5.63. The van der Waals surface area contributed by atoms with Crippen LogP contribution in [0.5, 0.6) is 0 Å². The van der Waals surface area contributed by atoms with Crippen molar-refractivity contribution >= 4 is 5.69 Å². The molecule has 0 spiro atoms. The van der Waals surface area contributed by atoms with Crippen LogP contribution >= 0.6 is 0 Å². The van der Waals surface area contributed by atoms with Gasteiger partial charge < -0.3 is 15.0 Å². The Hall–Kier alpha value is -1.10. The predicted molar refractivity (Wildman–Crippen MR) is 79.6 cm³/mol. The van der Waals surface area contributed by atoms with Crippen molar-refractivity contribution in [2.24, 2.45) is 0 Å². The molecule has 19 heavy (non-hydrogen) atoms. The minimum Gasteiger partial charge on any atom is -0.384 e. The van der Waals surface area contributed by atoms with E-state index in [-0.39, 0.29) is 0 Å². The van der Waals surface area contributed by atoms with Gasteiger partial charge in [0.2, 0.25) is 0 Å². The number of nitrogens with zero attached hydrogens (tertiary/aromatic N) is 2. The number of rotatable bonds is 6. The summed E-state index contributed by atoms with van der Waals surface area (Å²) in [7, 11) is 4.18. The van der Waals surface area contributed by atoms with Gasteiger partial charge in [-0.25, -0.2) is 0 Å². The second-order valence-electron chi connectivity index (χ2n) is 5.32. The van der Waals surface area contributed by atoms with Crippen LogP contribution in [-0.4, -0.2) is 63.3 Å². The van der Waals surface area contributed by atoms with Crippen LogP contribution in [0.25, 0.3) is 0 Å². The molecule has 1 heterocycles. The molecule has 106 valence electrons. The molecule has 1 aliphatic heterocycles. The SMILES string of the molecule is CN(C)Cc1ccc(NCCN2CCOCC2)cc1. The summed E-state index contributed by atoms with van der Waals surface area (Å²) in [6.45, 7) is 6.94. The van der Waals surface area contributed by atoms with Crippen LogP contribution in [0.1, 0.15) is 5.56 Å². The third kappa shape index (κ3) is 5.19. The second kappa shape index (κ2) is 7.48. The number of nitrogens with one attached hydrogen (secondary N) is 1. The maximum Gasteiger partial charge on any atom is 0.0594 e. The van der Waals surface area contributed by atoms with E-state index >= 15 is 0 Å². The molecule has 4 heteroatoms. The summed E-state index contributed by atoms with van der Waals surface area (Å²) in [6, 6.07) is 8.71. The fourth-order valence-electron chi connectivity index (χ4n) is 2.28. The Morgan fingerprint density at radius 2 is 1.84 bits per heavy atom. The topological polar surface area (TPSA) is 27.7 Å². The van der Waals surface area contributed by atoms with Crippen molar-refractivity contribution in [1.29, 1.82) is 0 Å². The monoisotopic (exact) mass is 263 g/mol. The molecule has 1 fully saturated rings. The van der Waals surface area contributed by atoms with Gasteiger partial charge in [0.15, 0.2) is 0 Å². The third-order valence-electron chi connectivity index (χ3n) is 3.31. The molecule has 0 unspecified atom stereocenters. The normalized spacial score (nSPS) is 16.8. The minimum atomic E-state index is 0.874. The predicted octanol–water partition coefficient (Wildman–Crippen LogP) is 1.49. The Labute approximate surface area is 116 Å². The van der Waals surface area contributed by atoms with Crippen molar-refractivity contribution in [1.82, 2.24) is 9.80 Å². The first-order valence-corrected chi connectivity index (χ1v) is 7.02. The van der Waals surface area contributed by atoms with Crippen molar-refractivity contribution in [3.05, 3.63) is 29.8 Å². The summed E-state index contributed by atoms with van der Waals surface area (Å²) < 4.78 is 5.34. The van der Waals surface area contributed by atoms with Gasteiger partial charge in [-0.2, -0.15) is 0 Å². The van der Waals surface area contributed by atoms with Gasteiger partial charge in [-0.3, -0.25) is 4.90 Å². The van der Waals surface area contributed by atoms with E-state index in [1.165, 1.54) is 11.3 Å². The van der Waals surface area contributed by atoms with Gasteiger partial charge in [0, 0.05) is 38.4 Å². The number of anilines is 1. The summed E-state index contributed by atoms with van der Waals surface area (Å²) in [4.78, 5) is 4.62. The van der Waals surface area contributed by atoms with Crippen molar-refractivity contribution in [2.45, 2.75) is 6.54 Å². The van der Waals surface area contributed by atoms with Gasteiger partial charge >= 0.3 is 0 Å². The highest BCUT2D eigenvalue weighted by Gasteiger charge is 2.08. The Balaban J connectivity index is 1.70. The number of benzene rings is 1. The molecule has 2 rings (SSSR count).